The van der Waals surface area contributed by atoms with Gasteiger partial charge in [0, 0.05) is 38.1 Å². The van der Waals surface area contributed by atoms with Crippen molar-refractivity contribution >= 4 is 39.8 Å². The van der Waals surface area contributed by atoms with Crippen molar-refractivity contribution in [2.24, 2.45) is 0 Å². The summed E-state index contributed by atoms with van der Waals surface area (Å²) in [7, 11) is 1.78. The average Bonchev–Trinajstić information content (AvgIpc) is 3.30. The molecule has 2 saturated heterocycles. The highest BCUT2D eigenvalue weighted by Gasteiger charge is 2.37. The van der Waals surface area contributed by atoms with E-state index in [1.165, 1.54) is 0 Å². The number of aromatic amines is 1. The minimum atomic E-state index is -1.06. The molecule has 2 atom stereocenters. The average molecular weight is 445 g/mol. The molecule has 0 bridgehead atoms. The van der Waals surface area contributed by atoms with Crippen LogP contribution in [-0.4, -0.2) is 70.2 Å². The number of likely N-dealkylation sites (tertiary alicyclic amines) is 1. The smallest absolute Gasteiger partial charge is 0.151 e. The number of H-pyrrole nitrogens is 1. The van der Waals surface area contributed by atoms with Crippen molar-refractivity contribution in [3.8, 4) is 6.07 Å². The van der Waals surface area contributed by atoms with Crippen LogP contribution in [0.5, 0.6) is 0 Å². The third-order valence-electron chi connectivity index (χ3n) is 6.02. The van der Waals surface area contributed by atoms with E-state index in [-0.39, 0.29) is 0 Å². The maximum atomic E-state index is 15.0. The highest BCUT2D eigenvalue weighted by Crippen LogP contribution is 2.35. The zero-order valence-electron chi connectivity index (χ0n) is 16.9. The molecule has 0 saturated carbocycles. The van der Waals surface area contributed by atoms with Crippen LogP contribution in [-0.2, 0) is 4.74 Å². The minimum Gasteiger partial charge on any atom is -0.387 e. The number of nitrogens with zero attached hydrogens (tertiary/aromatic N) is 5. The van der Waals surface area contributed by atoms with E-state index < -0.39 is 12.2 Å². The Morgan fingerprint density at radius 2 is 2.23 bits per heavy atom. The number of ether oxygens (including phenoxy) is 1. The number of nitrogens with one attached hydrogen (secondary N) is 3. The Labute approximate surface area is 183 Å². The predicted molar refractivity (Wildman–Crippen MR) is 116 cm³/mol. The first-order valence-electron chi connectivity index (χ1n) is 10.1. The lowest BCUT2D eigenvalue weighted by molar-refractivity contribution is -0.0847. The van der Waals surface area contributed by atoms with Crippen LogP contribution in [0.1, 0.15) is 18.0 Å². The van der Waals surface area contributed by atoms with Gasteiger partial charge in [-0.15, -0.1) is 0 Å². The van der Waals surface area contributed by atoms with Gasteiger partial charge in [0.25, 0.3) is 0 Å². The second-order valence-corrected chi connectivity index (χ2v) is 8.18. The molecule has 5 heterocycles. The zero-order valence-corrected chi connectivity index (χ0v) is 17.7. The van der Waals surface area contributed by atoms with Crippen molar-refractivity contribution < 1.29 is 9.13 Å². The van der Waals surface area contributed by atoms with Gasteiger partial charge in [-0.3, -0.25) is 4.90 Å². The number of hydrogen-bond acceptors (Lipinski definition) is 7. The number of pyridine rings is 1. The molecule has 0 amide bonds. The van der Waals surface area contributed by atoms with E-state index in [1.54, 1.807) is 30.2 Å². The lowest BCUT2D eigenvalue weighted by Gasteiger charge is -2.42. The number of fused-ring (bicyclic) bond motifs is 1. The SMILES string of the molecule is CNc1cc(Nc2cnn(C3CCN(C4COC4)C[C@@H]3F)c2Cl)nc2[nH]cc(C#N)c12. The zero-order chi connectivity index (χ0) is 21.5. The molecule has 1 unspecified atom stereocenters. The summed E-state index contributed by atoms with van der Waals surface area (Å²) in [6, 6.07) is 3.85. The van der Waals surface area contributed by atoms with Crippen LogP contribution in [0.15, 0.2) is 18.5 Å². The number of rotatable bonds is 5. The molecule has 0 aromatic carbocycles. The Bertz CT molecular complexity index is 1150. The third-order valence-corrected chi connectivity index (χ3v) is 6.40. The highest BCUT2D eigenvalue weighted by molar-refractivity contribution is 6.32. The number of piperidine rings is 1. The van der Waals surface area contributed by atoms with Gasteiger partial charge >= 0.3 is 0 Å². The molecule has 0 radical (unpaired) electrons. The van der Waals surface area contributed by atoms with Crippen LogP contribution in [0, 0.1) is 11.3 Å². The molecule has 3 N–H and O–H groups in total. The van der Waals surface area contributed by atoms with Crippen LogP contribution in [0.3, 0.4) is 0 Å². The van der Waals surface area contributed by atoms with E-state index in [9.17, 15) is 9.65 Å². The lowest BCUT2D eigenvalue weighted by atomic mass is 10.0. The van der Waals surface area contributed by atoms with E-state index >= 15 is 0 Å². The summed E-state index contributed by atoms with van der Waals surface area (Å²) in [6.45, 7) is 2.50. The lowest BCUT2D eigenvalue weighted by Crippen LogP contribution is -2.55. The Morgan fingerprint density at radius 3 is 2.90 bits per heavy atom. The first-order chi connectivity index (χ1) is 15.1. The van der Waals surface area contributed by atoms with Crippen molar-refractivity contribution in [3.05, 3.63) is 29.2 Å². The van der Waals surface area contributed by atoms with Crippen LogP contribution < -0.4 is 10.6 Å². The molecule has 3 aromatic heterocycles. The third kappa shape index (κ3) is 3.48. The van der Waals surface area contributed by atoms with Crippen molar-refractivity contribution in [2.75, 3.05) is 44.0 Å². The van der Waals surface area contributed by atoms with Crippen LogP contribution in [0.4, 0.5) is 21.6 Å². The fourth-order valence-corrected chi connectivity index (χ4v) is 4.51. The van der Waals surface area contributed by atoms with E-state index in [2.05, 4.69) is 36.7 Å². The van der Waals surface area contributed by atoms with Gasteiger partial charge in [-0.1, -0.05) is 11.6 Å². The van der Waals surface area contributed by atoms with Crippen molar-refractivity contribution in [1.29, 1.82) is 5.26 Å². The van der Waals surface area contributed by atoms with E-state index in [4.69, 9.17) is 16.3 Å². The van der Waals surface area contributed by atoms with Crippen LogP contribution in [0.2, 0.25) is 5.15 Å². The molecule has 0 spiro atoms. The summed E-state index contributed by atoms with van der Waals surface area (Å²) in [4.78, 5) is 9.68. The van der Waals surface area contributed by atoms with Gasteiger partial charge in [0.05, 0.1) is 48.1 Å². The number of nitriles is 1. The molecule has 11 heteroatoms. The fourth-order valence-electron chi connectivity index (χ4n) is 4.24. The first kappa shape index (κ1) is 20.1. The molecule has 3 aromatic rings. The minimum absolute atomic E-state index is 0.321. The highest BCUT2D eigenvalue weighted by atomic mass is 35.5. The number of anilines is 3. The van der Waals surface area contributed by atoms with Crippen molar-refractivity contribution in [1.82, 2.24) is 24.6 Å². The summed E-state index contributed by atoms with van der Waals surface area (Å²) in [5.41, 5.74) is 2.39. The number of halogens is 2. The number of aromatic nitrogens is 4. The first-order valence-corrected chi connectivity index (χ1v) is 10.5. The Hall–Kier alpha value is -2.87. The number of alkyl halides is 1. The van der Waals surface area contributed by atoms with Gasteiger partial charge in [0.15, 0.2) is 5.15 Å². The largest absolute Gasteiger partial charge is 0.387 e. The number of hydrogen-bond donors (Lipinski definition) is 3. The van der Waals surface area contributed by atoms with Gasteiger partial charge in [-0.2, -0.15) is 10.4 Å². The van der Waals surface area contributed by atoms with Gasteiger partial charge in [-0.05, 0) is 6.42 Å². The molecule has 5 rings (SSSR count). The molecular weight excluding hydrogens is 423 g/mol. The van der Waals surface area contributed by atoms with Gasteiger partial charge in [0.2, 0.25) is 0 Å². The Balaban J connectivity index is 1.37. The van der Waals surface area contributed by atoms with Crippen LogP contribution >= 0.6 is 11.6 Å². The van der Waals surface area contributed by atoms with E-state index in [0.717, 1.165) is 17.6 Å². The Morgan fingerprint density at radius 1 is 1.39 bits per heavy atom. The van der Waals surface area contributed by atoms with Crippen molar-refractivity contribution in [3.63, 3.8) is 0 Å². The topological polar surface area (TPSA) is 107 Å². The molecule has 0 aliphatic carbocycles. The molecule has 162 valence electrons. The van der Waals surface area contributed by atoms with Crippen LogP contribution in [0.25, 0.3) is 11.0 Å². The van der Waals surface area contributed by atoms with Gasteiger partial charge in [0.1, 0.15) is 23.7 Å². The summed E-state index contributed by atoms with van der Waals surface area (Å²) < 4.78 is 21.7. The molecule has 2 aliphatic heterocycles. The summed E-state index contributed by atoms with van der Waals surface area (Å²) in [6.07, 6.45) is 2.78. The Kier molecular flexibility index (Phi) is 5.17. The normalized spacial score (nSPS) is 22.3. The second kappa shape index (κ2) is 8.00. The molecule has 9 nitrogen and oxygen atoms in total. The van der Waals surface area contributed by atoms with E-state index in [1.807, 2.05) is 0 Å². The molecule has 2 fully saturated rings. The predicted octanol–water partition coefficient (Wildman–Crippen LogP) is 3.05. The fraction of sp³-hybridized carbons (Fsp3) is 0.450. The van der Waals surface area contributed by atoms with Gasteiger partial charge in [-0.25, -0.2) is 14.1 Å². The maximum Gasteiger partial charge on any atom is 0.151 e. The summed E-state index contributed by atoms with van der Waals surface area (Å²) in [5, 5.41) is 21.0. The van der Waals surface area contributed by atoms with Gasteiger partial charge < -0.3 is 20.4 Å². The summed E-state index contributed by atoms with van der Waals surface area (Å²) >= 11 is 6.57. The maximum absolute atomic E-state index is 15.0. The molecule has 2 aliphatic rings. The summed E-state index contributed by atoms with van der Waals surface area (Å²) in [5.74, 6) is 0.529. The quantitative estimate of drug-likeness (QED) is 0.555. The van der Waals surface area contributed by atoms with E-state index in [0.29, 0.717) is 60.1 Å². The monoisotopic (exact) mass is 444 g/mol. The standard InChI is InChI=1S/C20H22ClFN8O/c1-24-14-4-17(28-20-18(14)11(5-23)6-25-20)27-15-7-26-30(19(15)21)16-2-3-29(8-13(16)22)12-9-31-10-12/h4,6-7,12-13,16H,2-3,8-10H2,1H3,(H3,24,25,27,28)/t13-,16?/m0/s1. The molecule has 31 heavy (non-hydrogen) atoms. The molecular formula is C20H22ClFN8O. The second-order valence-electron chi connectivity index (χ2n) is 7.82. The van der Waals surface area contributed by atoms with Crippen molar-refractivity contribution in [2.45, 2.75) is 24.7 Å².